The van der Waals surface area contributed by atoms with Crippen molar-refractivity contribution >= 4 is 34.3 Å². The minimum Gasteiger partial charge on any atom is -0.311 e. The largest absolute Gasteiger partial charge is 0.311 e. The maximum atomic E-state index is 11.0. The molecule has 1 N–H and O–H groups in total. The summed E-state index contributed by atoms with van der Waals surface area (Å²) in [5.41, 5.74) is 0.939. The Hall–Kier alpha value is -0.650. The fourth-order valence-corrected chi connectivity index (χ4v) is 1.15. The van der Waals surface area contributed by atoms with Crippen molar-refractivity contribution in [3.05, 3.63) is 21.4 Å². The molecule has 13 heavy (non-hydrogen) atoms. The number of hydrogen-bond acceptors (Lipinski definition) is 2. The lowest BCUT2D eigenvalue weighted by molar-refractivity contribution is -0.115. The molecule has 1 rings (SSSR count). The van der Waals surface area contributed by atoms with Gasteiger partial charge in [-0.1, -0.05) is 6.92 Å². The molecule has 1 heterocycles. The fraction of sp³-hybridized carbons (Fsp3) is 0.333. The molecule has 0 saturated carbocycles. The molecule has 0 atom stereocenters. The lowest BCUT2D eigenvalue weighted by Gasteiger charge is -2.04. The van der Waals surface area contributed by atoms with Crippen molar-refractivity contribution in [1.82, 2.24) is 4.98 Å². The van der Waals surface area contributed by atoms with Crippen LogP contribution in [0.25, 0.3) is 0 Å². The summed E-state index contributed by atoms with van der Waals surface area (Å²) in [5, 5.41) is 2.71. The molecule has 0 unspecified atom stereocenters. The normalized spacial score (nSPS) is 9.77. The van der Waals surface area contributed by atoms with Crippen molar-refractivity contribution in [2.24, 2.45) is 0 Å². The topological polar surface area (TPSA) is 42.0 Å². The molecule has 0 aliphatic heterocycles. The van der Waals surface area contributed by atoms with Crippen LogP contribution in [0.2, 0.25) is 0 Å². The molecule has 0 bridgehead atoms. The predicted molar refractivity (Wildman–Crippen MR) is 60.6 cm³/mol. The lowest BCUT2D eigenvalue weighted by atomic mass is 10.3. The van der Waals surface area contributed by atoms with E-state index in [-0.39, 0.29) is 5.91 Å². The number of hydrogen-bond donors (Lipinski definition) is 1. The molecule has 1 aromatic heterocycles. The maximum Gasteiger partial charge on any atom is 0.225 e. The highest BCUT2D eigenvalue weighted by molar-refractivity contribution is 14.1. The molecule has 0 fully saturated rings. The van der Waals surface area contributed by atoms with Crippen LogP contribution in [0.4, 0.5) is 5.82 Å². The van der Waals surface area contributed by atoms with Gasteiger partial charge in [-0.25, -0.2) is 4.98 Å². The van der Waals surface area contributed by atoms with E-state index in [2.05, 4.69) is 32.9 Å². The highest BCUT2D eigenvalue weighted by Gasteiger charge is 2.01. The highest BCUT2D eigenvalue weighted by atomic mass is 127. The van der Waals surface area contributed by atoms with Crippen LogP contribution in [0.5, 0.6) is 0 Å². The fourth-order valence-electron chi connectivity index (χ4n) is 0.845. The molecule has 0 spiro atoms. The van der Waals surface area contributed by atoms with Crippen molar-refractivity contribution < 1.29 is 4.79 Å². The summed E-state index contributed by atoms with van der Waals surface area (Å²) in [5.74, 6) is 0.623. The maximum absolute atomic E-state index is 11.0. The Balaban J connectivity index is 2.79. The smallest absolute Gasteiger partial charge is 0.225 e. The van der Waals surface area contributed by atoms with Crippen LogP contribution >= 0.6 is 22.6 Å². The summed E-state index contributed by atoms with van der Waals surface area (Å²) in [6, 6.07) is 3.75. The number of halogens is 1. The monoisotopic (exact) mass is 290 g/mol. The third kappa shape index (κ3) is 2.95. The molecular formula is C9H11IN2O. The zero-order chi connectivity index (χ0) is 9.84. The highest BCUT2D eigenvalue weighted by Crippen LogP contribution is 2.12. The molecular weight excluding hydrogens is 279 g/mol. The number of nitrogens with one attached hydrogen (secondary N) is 1. The molecule has 0 saturated heterocycles. The van der Waals surface area contributed by atoms with Crippen LogP contribution in [-0.4, -0.2) is 10.9 Å². The van der Waals surface area contributed by atoms with Gasteiger partial charge in [0.05, 0.1) is 5.69 Å². The molecule has 1 aromatic rings. The number of nitrogens with zero attached hydrogens (tertiary/aromatic N) is 1. The Morgan fingerprint density at radius 1 is 1.62 bits per heavy atom. The quantitative estimate of drug-likeness (QED) is 0.849. The van der Waals surface area contributed by atoms with Crippen LogP contribution < -0.4 is 5.32 Å². The Morgan fingerprint density at radius 3 is 2.85 bits per heavy atom. The summed E-state index contributed by atoms with van der Waals surface area (Å²) in [6.45, 7) is 3.73. The Morgan fingerprint density at radius 2 is 2.31 bits per heavy atom. The van der Waals surface area contributed by atoms with E-state index in [1.54, 1.807) is 0 Å². The van der Waals surface area contributed by atoms with E-state index < -0.39 is 0 Å². The first kappa shape index (κ1) is 10.4. The predicted octanol–water partition coefficient (Wildman–Crippen LogP) is 2.34. The van der Waals surface area contributed by atoms with Gasteiger partial charge in [-0.3, -0.25) is 4.79 Å². The second-order valence-corrected chi connectivity index (χ2v) is 3.83. The summed E-state index contributed by atoms with van der Waals surface area (Å²) in [4.78, 5) is 15.2. The van der Waals surface area contributed by atoms with Gasteiger partial charge in [0.2, 0.25) is 5.91 Å². The Kier molecular flexibility index (Phi) is 3.65. The van der Waals surface area contributed by atoms with Gasteiger partial charge in [0.25, 0.3) is 0 Å². The van der Waals surface area contributed by atoms with Gasteiger partial charge >= 0.3 is 0 Å². The minimum atomic E-state index is -0.00638. The minimum absolute atomic E-state index is 0.00638. The zero-order valence-corrected chi connectivity index (χ0v) is 9.75. The van der Waals surface area contributed by atoms with Crippen molar-refractivity contribution in [2.75, 3.05) is 5.32 Å². The third-order valence-electron chi connectivity index (χ3n) is 1.61. The molecule has 0 aromatic carbocycles. The van der Waals surface area contributed by atoms with Gasteiger partial charge in [-0.2, -0.15) is 0 Å². The van der Waals surface area contributed by atoms with Gasteiger partial charge in [0, 0.05) is 9.99 Å². The molecule has 3 nitrogen and oxygen atoms in total. The summed E-state index contributed by atoms with van der Waals surface area (Å²) in [6.07, 6.45) is 0.479. The second-order valence-electron chi connectivity index (χ2n) is 2.67. The van der Waals surface area contributed by atoms with Gasteiger partial charge in [0.15, 0.2) is 0 Å². The standard InChI is InChI=1S/C9H11IN2O/c1-3-9(13)12-8-5-4-7(10)6(2)11-8/h4-5H,3H2,1-2H3,(H,11,12,13). The van der Waals surface area contributed by atoms with Crippen molar-refractivity contribution in [3.8, 4) is 0 Å². The molecule has 0 aliphatic rings. The van der Waals surface area contributed by atoms with Gasteiger partial charge in [0.1, 0.15) is 5.82 Å². The van der Waals surface area contributed by atoms with Gasteiger partial charge in [-0.15, -0.1) is 0 Å². The summed E-state index contributed by atoms with van der Waals surface area (Å²) in [7, 11) is 0. The van der Waals surface area contributed by atoms with Crippen LogP contribution in [0.15, 0.2) is 12.1 Å². The third-order valence-corrected chi connectivity index (χ3v) is 2.75. The van der Waals surface area contributed by atoms with Crippen molar-refractivity contribution in [3.63, 3.8) is 0 Å². The number of anilines is 1. The van der Waals surface area contributed by atoms with E-state index >= 15 is 0 Å². The van der Waals surface area contributed by atoms with E-state index in [4.69, 9.17) is 0 Å². The zero-order valence-electron chi connectivity index (χ0n) is 7.60. The number of carbonyl (C=O) groups excluding carboxylic acids is 1. The molecule has 1 amide bonds. The first-order valence-corrected chi connectivity index (χ1v) is 5.14. The molecule has 4 heteroatoms. The van der Waals surface area contributed by atoms with Crippen molar-refractivity contribution in [1.29, 1.82) is 0 Å². The molecule has 0 aliphatic carbocycles. The van der Waals surface area contributed by atoms with E-state index in [9.17, 15) is 4.79 Å². The average molecular weight is 290 g/mol. The van der Waals surface area contributed by atoms with Crippen LogP contribution in [0.3, 0.4) is 0 Å². The molecule has 70 valence electrons. The van der Waals surface area contributed by atoms with Crippen molar-refractivity contribution in [2.45, 2.75) is 20.3 Å². The number of aromatic nitrogens is 1. The van der Waals surface area contributed by atoms with Gasteiger partial charge < -0.3 is 5.32 Å². The lowest BCUT2D eigenvalue weighted by Crippen LogP contribution is -2.11. The number of rotatable bonds is 2. The van der Waals surface area contributed by atoms with Gasteiger partial charge in [-0.05, 0) is 41.6 Å². The van der Waals surface area contributed by atoms with E-state index in [0.29, 0.717) is 12.2 Å². The van der Waals surface area contributed by atoms with Crippen LogP contribution in [0.1, 0.15) is 19.0 Å². The van der Waals surface area contributed by atoms with E-state index in [1.807, 2.05) is 26.0 Å². The number of carbonyl (C=O) groups is 1. The first-order chi connectivity index (χ1) is 6.13. The summed E-state index contributed by atoms with van der Waals surface area (Å²) >= 11 is 2.21. The SMILES string of the molecule is CCC(=O)Nc1ccc(I)c(C)n1. The van der Waals surface area contributed by atoms with Crippen LogP contribution in [-0.2, 0) is 4.79 Å². The number of aryl methyl sites for hydroxylation is 1. The van der Waals surface area contributed by atoms with E-state index in [0.717, 1.165) is 9.26 Å². The number of amides is 1. The average Bonchev–Trinajstić information content (AvgIpc) is 2.11. The van der Waals surface area contributed by atoms with Crippen LogP contribution in [0, 0.1) is 10.5 Å². The Bertz CT molecular complexity index is 325. The number of pyridine rings is 1. The first-order valence-electron chi connectivity index (χ1n) is 4.06. The Labute approximate surface area is 91.1 Å². The molecule has 0 radical (unpaired) electrons. The second kappa shape index (κ2) is 4.55. The van der Waals surface area contributed by atoms with E-state index in [1.165, 1.54) is 0 Å². The summed E-state index contributed by atoms with van der Waals surface area (Å²) < 4.78 is 1.10.